The van der Waals surface area contributed by atoms with Gasteiger partial charge in [0.15, 0.2) is 0 Å². The molecule has 0 fully saturated rings. The van der Waals surface area contributed by atoms with Crippen LogP contribution in [0.5, 0.6) is 0 Å². The molecule has 3 aromatic carbocycles. The topological polar surface area (TPSA) is 49.4 Å². The van der Waals surface area contributed by atoms with Crippen molar-refractivity contribution in [3.05, 3.63) is 106 Å². The molecule has 1 atom stereocenters. The average molecular weight is 503 g/mol. The highest BCUT2D eigenvalue weighted by atomic mass is 32.2. The zero-order valence-corrected chi connectivity index (χ0v) is 22.7. The van der Waals surface area contributed by atoms with Crippen LogP contribution < -0.4 is 5.32 Å². The molecule has 5 heteroatoms. The Morgan fingerprint density at radius 1 is 0.889 bits per heavy atom. The molecule has 3 rings (SSSR count). The molecule has 0 aliphatic heterocycles. The van der Waals surface area contributed by atoms with Crippen LogP contribution in [0, 0.1) is 20.8 Å². The van der Waals surface area contributed by atoms with Gasteiger partial charge in [0, 0.05) is 25.3 Å². The Morgan fingerprint density at radius 3 is 2.22 bits per heavy atom. The number of carbonyl (C=O) groups excluding carboxylic acids is 2. The van der Waals surface area contributed by atoms with Crippen molar-refractivity contribution in [3.63, 3.8) is 0 Å². The zero-order chi connectivity index (χ0) is 25.9. The first-order valence-electron chi connectivity index (χ1n) is 12.7. The summed E-state index contributed by atoms with van der Waals surface area (Å²) in [6.45, 7) is 9.28. The van der Waals surface area contributed by atoms with Gasteiger partial charge in [-0.2, -0.15) is 0 Å². The van der Waals surface area contributed by atoms with E-state index in [9.17, 15) is 9.59 Å². The van der Waals surface area contributed by atoms with E-state index in [0.717, 1.165) is 28.9 Å². The van der Waals surface area contributed by atoms with Crippen LogP contribution in [0.15, 0.2) is 72.8 Å². The van der Waals surface area contributed by atoms with Gasteiger partial charge in [-0.05, 0) is 49.4 Å². The fourth-order valence-corrected chi connectivity index (χ4v) is 5.23. The Labute approximate surface area is 220 Å². The van der Waals surface area contributed by atoms with Crippen molar-refractivity contribution in [1.82, 2.24) is 10.2 Å². The second-order valence-corrected chi connectivity index (χ2v) is 10.4. The summed E-state index contributed by atoms with van der Waals surface area (Å²) in [6.07, 6.45) is 1.33. The summed E-state index contributed by atoms with van der Waals surface area (Å²) in [7, 11) is 0. The Bertz CT molecular complexity index is 1130. The second kappa shape index (κ2) is 13.9. The first kappa shape index (κ1) is 27.5. The molecule has 0 unspecified atom stereocenters. The second-order valence-electron chi connectivity index (χ2n) is 9.43. The summed E-state index contributed by atoms with van der Waals surface area (Å²) in [4.78, 5) is 28.9. The van der Waals surface area contributed by atoms with E-state index in [0.29, 0.717) is 25.3 Å². The molecule has 0 aliphatic rings. The predicted octanol–water partition coefficient (Wildman–Crippen LogP) is 6.01. The Balaban J connectivity index is 1.84. The molecule has 0 aromatic heterocycles. The molecule has 4 nitrogen and oxygen atoms in total. The molecule has 190 valence electrons. The minimum Gasteiger partial charge on any atom is -0.354 e. The minimum atomic E-state index is -0.576. The first-order valence-corrected chi connectivity index (χ1v) is 13.8. The predicted molar refractivity (Wildman–Crippen MR) is 151 cm³/mol. The van der Waals surface area contributed by atoms with Gasteiger partial charge in [0.05, 0.1) is 5.75 Å². The number of aryl methyl sites for hydroxylation is 3. The van der Waals surface area contributed by atoms with Gasteiger partial charge < -0.3 is 10.2 Å². The van der Waals surface area contributed by atoms with E-state index in [1.54, 1.807) is 16.7 Å². The van der Waals surface area contributed by atoms with Crippen LogP contribution in [-0.4, -0.2) is 35.1 Å². The van der Waals surface area contributed by atoms with Crippen molar-refractivity contribution in [2.24, 2.45) is 0 Å². The highest BCUT2D eigenvalue weighted by Gasteiger charge is 2.30. The molecule has 3 aromatic rings. The number of amides is 2. The van der Waals surface area contributed by atoms with Gasteiger partial charge in [-0.25, -0.2) is 0 Å². The van der Waals surface area contributed by atoms with Crippen molar-refractivity contribution in [2.75, 3.05) is 12.3 Å². The highest BCUT2D eigenvalue weighted by Crippen LogP contribution is 2.21. The SMILES string of the molecule is CCCNC(=O)[C@@H](Cc1ccccc1)N(Cc1ccccc1C)C(=O)CSCc1cc(C)cc(C)c1. The maximum Gasteiger partial charge on any atom is 0.243 e. The lowest BCUT2D eigenvalue weighted by atomic mass is 10.0. The van der Waals surface area contributed by atoms with Crippen LogP contribution in [0.25, 0.3) is 0 Å². The molecule has 36 heavy (non-hydrogen) atoms. The quantitative estimate of drug-likeness (QED) is 0.330. The first-order chi connectivity index (χ1) is 17.4. The normalized spacial score (nSPS) is 11.7. The van der Waals surface area contributed by atoms with Crippen molar-refractivity contribution < 1.29 is 9.59 Å². The molecule has 0 saturated heterocycles. The molecule has 0 bridgehead atoms. The zero-order valence-electron chi connectivity index (χ0n) is 21.9. The molecule has 0 saturated carbocycles. The molecule has 0 radical (unpaired) electrons. The largest absolute Gasteiger partial charge is 0.354 e. The Morgan fingerprint density at radius 2 is 1.56 bits per heavy atom. The molecule has 0 aliphatic carbocycles. The number of nitrogens with zero attached hydrogens (tertiary/aromatic N) is 1. The van der Waals surface area contributed by atoms with Crippen molar-refractivity contribution in [1.29, 1.82) is 0 Å². The van der Waals surface area contributed by atoms with Gasteiger partial charge in [-0.3, -0.25) is 9.59 Å². The number of carbonyl (C=O) groups is 2. The summed E-state index contributed by atoms with van der Waals surface area (Å²) in [6, 6.07) is 24.0. The van der Waals surface area contributed by atoms with Gasteiger partial charge in [-0.1, -0.05) is 90.8 Å². The molecule has 0 heterocycles. The van der Waals surface area contributed by atoms with Gasteiger partial charge in [-0.15, -0.1) is 11.8 Å². The number of hydrogen-bond donors (Lipinski definition) is 1. The third-order valence-corrected chi connectivity index (χ3v) is 7.19. The number of hydrogen-bond acceptors (Lipinski definition) is 3. The van der Waals surface area contributed by atoms with E-state index >= 15 is 0 Å². The van der Waals surface area contributed by atoms with E-state index in [-0.39, 0.29) is 11.8 Å². The van der Waals surface area contributed by atoms with Crippen molar-refractivity contribution in [2.45, 2.75) is 58.9 Å². The smallest absolute Gasteiger partial charge is 0.243 e. The number of benzene rings is 3. The fourth-order valence-electron chi connectivity index (χ4n) is 4.38. The lowest BCUT2D eigenvalue weighted by molar-refractivity contribution is -0.139. The summed E-state index contributed by atoms with van der Waals surface area (Å²) < 4.78 is 0. The van der Waals surface area contributed by atoms with Crippen molar-refractivity contribution >= 4 is 23.6 Å². The van der Waals surface area contributed by atoms with E-state index in [4.69, 9.17) is 0 Å². The van der Waals surface area contributed by atoms with Crippen LogP contribution in [-0.2, 0) is 28.3 Å². The Kier molecular flexibility index (Phi) is 10.6. The lowest BCUT2D eigenvalue weighted by Gasteiger charge is -2.32. The van der Waals surface area contributed by atoms with Crippen LogP contribution >= 0.6 is 11.8 Å². The van der Waals surface area contributed by atoms with E-state index < -0.39 is 6.04 Å². The number of thioether (sulfide) groups is 1. The summed E-state index contributed by atoms with van der Waals surface area (Å²) in [5.74, 6) is 0.977. The summed E-state index contributed by atoms with van der Waals surface area (Å²) >= 11 is 1.61. The third-order valence-electron chi connectivity index (χ3n) is 6.20. The molecule has 0 spiro atoms. The maximum atomic E-state index is 13.7. The van der Waals surface area contributed by atoms with Gasteiger partial charge >= 0.3 is 0 Å². The lowest BCUT2D eigenvalue weighted by Crippen LogP contribution is -2.51. The van der Waals surface area contributed by atoms with E-state index in [1.165, 1.54) is 16.7 Å². The standard InChI is InChI=1S/C31H38N2O2S/c1-5-15-32-31(35)29(19-26-12-7-6-8-13-26)33(20-28-14-10-9-11-25(28)4)30(34)22-36-21-27-17-23(2)16-24(3)18-27/h6-14,16-18,29H,5,15,19-22H2,1-4H3,(H,32,35)/t29-/m1/s1. The highest BCUT2D eigenvalue weighted by molar-refractivity contribution is 7.99. The van der Waals surface area contributed by atoms with Crippen LogP contribution in [0.1, 0.15) is 46.7 Å². The molecular formula is C31H38N2O2S. The fraction of sp³-hybridized carbons (Fsp3) is 0.355. The van der Waals surface area contributed by atoms with Gasteiger partial charge in [0.1, 0.15) is 6.04 Å². The monoisotopic (exact) mass is 502 g/mol. The van der Waals surface area contributed by atoms with Gasteiger partial charge in [0.2, 0.25) is 11.8 Å². The van der Waals surface area contributed by atoms with E-state index in [2.05, 4.69) is 50.4 Å². The molecular weight excluding hydrogens is 464 g/mol. The Hall–Kier alpha value is -3.05. The van der Waals surface area contributed by atoms with Crippen LogP contribution in [0.4, 0.5) is 0 Å². The van der Waals surface area contributed by atoms with Crippen molar-refractivity contribution in [3.8, 4) is 0 Å². The number of rotatable bonds is 12. The van der Waals surface area contributed by atoms with Gasteiger partial charge in [0.25, 0.3) is 0 Å². The summed E-state index contributed by atoms with van der Waals surface area (Å²) in [5, 5.41) is 3.04. The maximum absolute atomic E-state index is 13.7. The summed E-state index contributed by atoms with van der Waals surface area (Å²) in [5.41, 5.74) is 6.90. The molecule has 1 N–H and O–H groups in total. The third kappa shape index (κ3) is 8.27. The van der Waals surface area contributed by atoms with E-state index in [1.807, 2.05) is 55.5 Å². The average Bonchev–Trinajstić information content (AvgIpc) is 2.85. The van der Waals surface area contributed by atoms with Crippen LogP contribution in [0.3, 0.4) is 0 Å². The van der Waals surface area contributed by atoms with Crippen LogP contribution in [0.2, 0.25) is 0 Å². The molecule has 2 amide bonds. The number of nitrogens with one attached hydrogen (secondary N) is 1. The minimum absolute atomic E-state index is 0.0137.